The Balaban J connectivity index is 2.47. The molecule has 0 aliphatic rings. The largest absolute Gasteiger partial charge is 0.493 e. The fraction of sp³-hybridized carbons (Fsp3) is 0.838. The quantitative estimate of drug-likeness (QED) is 0.0842. The minimum Gasteiger partial charge on any atom is -0.493 e. The monoisotopic (exact) mass is 592 g/mol. The van der Waals surface area contributed by atoms with Crippen molar-refractivity contribution in [2.75, 3.05) is 46.1 Å². The number of unbranched alkanes of at least 4 members (excludes halogenated alkanes) is 14. The number of rotatable bonds is 31. The van der Waals surface area contributed by atoms with Crippen LogP contribution in [-0.2, 0) is 6.42 Å². The Bertz CT molecular complexity index is 707. The van der Waals surface area contributed by atoms with Crippen LogP contribution in [0, 0.1) is 5.92 Å². The molecule has 0 radical (unpaired) electrons. The smallest absolute Gasteiger partial charge is 0.123 e. The van der Waals surface area contributed by atoms with E-state index in [9.17, 15) is 10.2 Å². The maximum atomic E-state index is 9.21. The van der Waals surface area contributed by atoms with Gasteiger partial charge in [0.05, 0.1) is 26.4 Å². The van der Waals surface area contributed by atoms with Crippen LogP contribution in [0.25, 0.3) is 0 Å². The predicted molar refractivity (Wildman–Crippen MR) is 180 cm³/mol. The van der Waals surface area contributed by atoms with E-state index in [1.807, 2.05) is 0 Å². The highest BCUT2D eigenvalue weighted by Gasteiger charge is 2.10. The minimum absolute atomic E-state index is 0.128. The van der Waals surface area contributed by atoms with Gasteiger partial charge in [0.15, 0.2) is 0 Å². The SMILES string of the molecule is CCCCCCCCCCCCCCCc1cc(OCCCCN(CCO)CCO)cc(OCC(CC)CCCC)c1. The Morgan fingerprint density at radius 2 is 1.14 bits per heavy atom. The van der Waals surface area contributed by atoms with Crippen molar-refractivity contribution in [2.45, 2.75) is 149 Å². The molecule has 1 atom stereocenters. The summed E-state index contributed by atoms with van der Waals surface area (Å²) in [6, 6.07) is 6.52. The van der Waals surface area contributed by atoms with Gasteiger partial charge in [0, 0.05) is 19.2 Å². The first-order valence-electron chi connectivity index (χ1n) is 18.0. The van der Waals surface area contributed by atoms with Crippen molar-refractivity contribution in [3.05, 3.63) is 23.8 Å². The van der Waals surface area contributed by atoms with Crippen molar-refractivity contribution in [1.82, 2.24) is 4.90 Å². The van der Waals surface area contributed by atoms with Gasteiger partial charge in [-0.2, -0.15) is 0 Å². The fourth-order valence-corrected chi connectivity index (χ4v) is 5.65. The molecule has 1 unspecified atom stereocenters. The molecule has 0 saturated carbocycles. The highest BCUT2D eigenvalue weighted by molar-refractivity contribution is 5.38. The molecule has 0 spiro atoms. The third kappa shape index (κ3) is 21.4. The van der Waals surface area contributed by atoms with Gasteiger partial charge in [0.2, 0.25) is 0 Å². The van der Waals surface area contributed by atoms with E-state index >= 15 is 0 Å². The summed E-state index contributed by atoms with van der Waals surface area (Å²) in [4.78, 5) is 2.10. The maximum Gasteiger partial charge on any atom is 0.123 e. The first-order chi connectivity index (χ1) is 20.7. The van der Waals surface area contributed by atoms with E-state index in [0.29, 0.717) is 25.6 Å². The summed E-state index contributed by atoms with van der Waals surface area (Å²) in [5, 5.41) is 18.4. The predicted octanol–water partition coefficient (Wildman–Crippen LogP) is 9.36. The lowest BCUT2D eigenvalue weighted by atomic mass is 10.0. The lowest BCUT2D eigenvalue weighted by Gasteiger charge is -2.20. The molecule has 0 aliphatic heterocycles. The van der Waals surface area contributed by atoms with E-state index in [0.717, 1.165) is 50.3 Å². The van der Waals surface area contributed by atoms with Crippen LogP contribution in [0.15, 0.2) is 18.2 Å². The molecule has 1 rings (SSSR count). The molecule has 0 saturated heterocycles. The maximum absolute atomic E-state index is 9.21. The second-order valence-electron chi connectivity index (χ2n) is 12.4. The first-order valence-corrected chi connectivity index (χ1v) is 18.0. The summed E-state index contributed by atoms with van der Waals surface area (Å²) in [6.07, 6.45) is 25.8. The van der Waals surface area contributed by atoms with Gasteiger partial charge in [-0.05, 0) is 62.3 Å². The fourth-order valence-electron chi connectivity index (χ4n) is 5.65. The second-order valence-corrected chi connectivity index (χ2v) is 12.4. The van der Waals surface area contributed by atoms with Crippen molar-refractivity contribution in [2.24, 2.45) is 5.92 Å². The lowest BCUT2D eigenvalue weighted by molar-refractivity contribution is 0.157. The summed E-state index contributed by atoms with van der Waals surface area (Å²) in [6.45, 7) is 10.6. The summed E-state index contributed by atoms with van der Waals surface area (Å²) in [7, 11) is 0. The molecule has 0 amide bonds. The van der Waals surface area contributed by atoms with E-state index < -0.39 is 0 Å². The third-order valence-corrected chi connectivity index (χ3v) is 8.51. The van der Waals surface area contributed by atoms with Crippen molar-refractivity contribution < 1.29 is 19.7 Å². The molecule has 5 nitrogen and oxygen atoms in total. The number of hydrogen-bond acceptors (Lipinski definition) is 5. The zero-order chi connectivity index (χ0) is 30.5. The van der Waals surface area contributed by atoms with Crippen LogP contribution in [0.5, 0.6) is 11.5 Å². The molecule has 0 fully saturated rings. The highest BCUT2D eigenvalue weighted by Crippen LogP contribution is 2.26. The Morgan fingerprint density at radius 3 is 1.69 bits per heavy atom. The van der Waals surface area contributed by atoms with Crippen LogP contribution in [0.2, 0.25) is 0 Å². The van der Waals surface area contributed by atoms with Gasteiger partial charge in [-0.15, -0.1) is 0 Å². The number of ether oxygens (including phenoxy) is 2. The van der Waals surface area contributed by atoms with Gasteiger partial charge in [0.25, 0.3) is 0 Å². The second kappa shape index (κ2) is 28.5. The zero-order valence-electron chi connectivity index (χ0n) is 28.1. The Kier molecular flexibility index (Phi) is 26.2. The molecule has 246 valence electrons. The van der Waals surface area contributed by atoms with E-state index in [1.165, 1.54) is 108 Å². The van der Waals surface area contributed by atoms with Gasteiger partial charge in [-0.25, -0.2) is 0 Å². The molecule has 0 aliphatic carbocycles. The molecule has 0 aromatic heterocycles. The van der Waals surface area contributed by atoms with Crippen LogP contribution in [0.3, 0.4) is 0 Å². The Morgan fingerprint density at radius 1 is 0.595 bits per heavy atom. The molecule has 42 heavy (non-hydrogen) atoms. The Labute approximate surface area is 260 Å². The van der Waals surface area contributed by atoms with Gasteiger partial charge in [0.1, 0.15) is 11.5 Å². The van der Waals surface area contributed by atoms with Crippen LogP contribution in [-0.4, -0.2) is 61.2 Å². The first kappa shape index (κ1) is 38.7. The Hall–Kier alpha value is -1.30. The van der Waals surface area contributed by atoms with Gasteiger partial charge in [-0.3, -0.25) is 4.90 Å². The van der Waals surface area contributed by atoms with E-state index in [4.69, 9.17) is 9.47 Å². The van der Waals surface area contributed by atoms with E-state index in [1.54, 1.807) is 0 Å². The highest BCUT2D eigenvalue weighted by atomic mass is 16.5. The average Bonchev–Trinajstić information content (AvgIpc) is 2.99. The summed E-state index contributed by atoms with van der Waals surface area (Å²) in [5.74, 6) is 2.48. The minimum atomic E-state index is 0.128. The zero-order valence-corrected chi connectivity index (χ0v) is 28.1. The molecule has 1 aromatic carbocycles. The molecule has 0 bridgehead atoms. The van der Waals surface area contributed by atoms with Crippen LogP contribution in [0.4, 0.5) is 0 Å². The number of aryl methyl sites for hydroxylation is 1. The topological polar surface area (TPSA) is 62.2 Å². The third-order valence-electron chi connectivity index (χ3n) is 8.51. The molecule has 0 heterocycles. The number of benzene rings is 1. The van der Waals surface area contributed by atoms with Crippen LogP contribution < -0.4 is 9.47 Å². The molecular formula is C37H69NO4. The van der Waals surface area contributed by atoms with Gasteiger partial charge >= 0.3 is 0 Å². The van der Waals surface area contributed by atoms with E-state index in [-0.39, 0.29) is 13.2 Å². The van der Waals surface area contributed by atoms with Crippen molar-refractivity contribution in [3.8, 4) is 11.5 Å². The number of aliphatic hydroxyl groups is 2. The van der Waals surface area contributed by atoms with Gasteiger partial charge in [-0.1, -0.05) is 117 Å². The number of hydrogen-bond donors (Lipinski definition) is 2. The van der Waals surface area contributed by atoms with Crippen molar-refractivity contribution >= 4 is 0 Å². The van der Waals surface area contributed by atoms with Crippen molar-refractivity contribution in [1.29, 1.82) is 0 Å². The number of nitrogens with zero attached hydrogens (tertiary/aromatic N) is 1. The average molecular weight is 592 g/mol. The molecule has 5 heteroatoms. The molecular weight excluding hydrogens is 522 g/mol. The van der Waals surface area contributed by atoms with Crippen LogP contribution in [0.1, 0.15) is 148 Å². The molecule has 2 N–H and O–H groups in total. The van der Waals surface area contributed by atoms with E-state index in [2.05, 4.69) is 43.9 Å². The standard InChI is InChI=1S/C37H69NO4/c1-4-7-9-10-11-12-13-14-15-16-17-18-19-23-35-30-36(41-29-21-20-24-38(25-27-39)26-28-40)32-37(31-35)42-33-34(6-3)22-8-5-2/h30-32,34,39-40H,4-29,33H2,1-3H3. The normalized spacial score (nSPS) is 12.2. The summed E-state index contributed by atoms with van der Waals surface area (Å²) < 4.78 is 12.5. The van der Waals surface area contributed by atoms with Crippen LogP contribution >= 0.6 is 0 Å². The summed E-state index contributed by atoms with van der Waals surface area (Å²) in [5.41, 5.74) is 1.32. The number of aliphatic hydroxyl groups excluding tert-OH is 2. The van der Waals surface area contributed by atoms with Crippen molar-refractivity contribution in [3.63, 3.8) is 0 Å². The summed E-state index contributed by atoms with van der Waals surface area (Å²) >= 11 is 0. The van der Waals surface area contributed by atoms with Gasteiger partial charge < -0.3 is 19.7 Å². The molecule has 1 aromatic rings. The lowest BCUT2D eigenvalue weighted by Crippen LogP contribution is -2.31.